The van der Waals surface area contributed by atoms with Crippen molar-refractivity contribution in [3.63, 3.8) is 0 Å². The Labute approximate surface area is 164 Å². The molecule has 0 fully saturated rings. The molecule has 0 bridgehead atoms. The van der Waals surface area contributed by atoms with Crippen LogP contribution >= 0.6 is 0 Å². The molecular formula is C20H17FN6O2. The monoisotopic (exact) mass is 392 g/mol. The minimum Gasteiger partial charge on any atom is -0.323 e. The number of hydrogen-bond donors (Lipinski definition) is 1. The highest BCUT2D eigenvalue weighted by atomic mass is 19.1. The van der Waals surface area contributed by atoms with Gasteiger partial charge in [0, 0.05) is 5.69 Å². The Morgan fingerprint density at radius 2 is 1.97 bits per heavy atom. The maximum absolute atomic E-state index is 13.4. The summed E-state index contributed by atoms with van der Waals surface area (Å²) >= 11 is 0. The second kappa shape index (κ2) is 7.27. The van der Waals surface area contributed by atoms with Crippen molar-refractivity contribution in [1.29, 1.82) is 0 Å². The fourth-order valence-corrected chi connectivity index (χ4v) is 3.05. The van der Waals surface area contributed by atoms with Crippen LogP contribution in [0.3, 0.4) is 0 Å². The van der Waals surface area contributed by atoms with Crippen LogP contribution in [0, 0.1) is 19.7 Å². The van der Waals surface area contributed by atoms with E-state index in [0.717, 1.165) is 22.0 Å². The summed E-state index contributed by atoms with van der Waals surface area (Å²) in [5.41, 5.74) is 2.20. The third kappa shape index (κ3) is 3.75. The highest BCUT2D eigenvalue weighted by Gasteiger charge is 2.10. The lowest BCUT2D eigenvalue weighted by Gasteiger charge is -2.09. The first-order valence-corrected chi connectivity index (χ1v) is 8.85. The second-order valence-electron chi connectivity index (χ2n) is 6.63. The van der Waals surface area contributed by atoms with E-state index in [1.807, 2.05) is 19.9 Å². The predicted molar refractivity (Wildman–Crippen MR) is 105 cm³/mol. The maximum atomic E-state index is 13.4. The molecule has 0 atom stereocenters. The highest BCUT2D eigenvalue weighted by Crippen LogP contribution is 2.13. The van der Waals surface area contributed by atoms with Crippen molar-refractivity contribution in [1.82, 2.24) is 24.3 Å². The molecule has 0 aliphatic heterocycles. The third-order valence-electron chi connectivity index (χ3n) is 4.36. The molecule has 0 spiro atoms. The molecule has 8 nitrogen and oxygen atoms in total. The molecule has 0 aliphatic rings. The molecule has 9 heteroatoms. The van der Waals surface area contributed by atoms with Gasteiger partial charge in [-0.15, -0.1) is 0 Å². The van der Waals surface area contributed by atoms with Crippen LogP contribution in [0.5, 0.6) is 0 Å². The van der Waals surface area contributed by atoms with E-state index in [1.54, 1.807) is 16.8 Å². The van der Waals surface area contributed by atoms with Gasteiger partial charge in [-0.2, -0.15) is 5.10 Å². The number of pyridine rings is 1. The summed E-state index contributed by atoms with van der Waals surface area (Å²) in [5.74, 6) is -0.330. The highest BCUT2D eigenvalue weighted by molar-refractivity contribution is 5.90. The van der Waals surface area contributed by atoms with Crippen molar-refractivity contribution >= 4 is 22.5 Å². The molecule has 0 radical (unpaired) electrons. The number of aryl methyl sites for hydroxylation is 2. The van der Waals surface area contributed by atoms with Crippen LogP contribution in [-0.4, -0.2) is 30.2 Å². The van der Waals surface area contributed by atoms with Gasteiger partial charge in [-0.05, 0) is 50.2 Å². The molecule has 0 unspecified atom stereocenters. The van der Waals surface area contributed by atoms with E-state index in [1.165, 1.54) is 24.7 Å². The largest absolute Gasteiger partial charge is 0.323 e. The van der Waals surface area contributed by atoms with E-state index in [2.05, 4.69) is 20.4 Å². The zero-order valence-electron chi connectivity index (χ0n) is 15.8. The molecule has 0 saturated heterocycles. The topological polar surface area (TPSA) is 94.7 Å². The Morgan fingerprint density at radius 1 is 1.14 bits per heavy atom. The van der Waals surface area contributed by atoms with Gasteiger partial charge in [-0.1, -0.05) is 0 Å². The summed E-state index contributed by atoms with van der Waals surface area (Å²) in [6.07, 6.45) is 2.78. The number of amides is 1. The van der Waals surface area contributed by atoms with Crippen molar-refractivity contribution < 1.29 is 9.18 Å². The summed E-state index contributed by atoms with van der Waals surface area (Å²) in [6, 6.07) is 9.15. The molecule has 3 heterocycles. The van der Waals surface area contributed by atoms with Gasteiger partial charge in [-0.25, -0.2) is 19.0 Å². The smallest absolute Gasteiger partial charge is 0.261 e. The Hall–Kier alpha value is -3.88. The minimum atomic E-state index is -0.535. The molecule has 1 aromatic carbocycles. The Bertz CT molecular complexity index is 1280. The quantitative estimate of drug-likeness (QED) is 0.575. The van der Waals surface area contributed by atoms with E-state index in [9.17, 15) is 14.0 Å². The van der Waals surface area contributed by atoms with E-state index in [4.69, 9.17) is 0 Å². The molecule has 146 valence electrons. The minimum absolute atomic E-state index is 0.121. The van der Waals surface area contributed by atoms with Crippen molar-refractivity contribution in [3.05, 3.63) is 76.5 Å². The lowest BCUT2D eigenvalue weighted by atomic mass is 10.2. The van der Waals surface area contributed by atoms with Gasteiger partial charge in [-0.3, -0.25) is 14.2 Å². The zero-order chi connectivity index (χ0) is 20.5. The van der Waals surface area contributed by atoms with E-state index < -0.39 is 17.3 Å². The number of benzene rings is 1. The molecular weight excluding hydrogens is 375 g/mol. The lowest BCUT2D eigenvalue weighted by molar-refractivity contribution is -0.116. The number of fused-ring (bicyclic) bond motifs is 1. The summed E-state index contributed by atoms with van der Waals surface area (Å²) < 4.78 is 16.3. The maximum Gasteiger partial charge on any atom is 0.261 e. The molecule has 1 amide bonds. The SMILES string of the molecule is Cc1cc(C)n(-c2ccc(NC(=O)Cn3cnc4ccc(F)cc4c3=O)cn2)n1. The first-order chi connectivity index (χ1) is 13.9. The van der Waals surface area contributed by atoms with Gasteiger partial charge < -0.3 is 5.32 Å². The fraction of sp³-hybridized carbons (Fsp3) is 0.150. The normalized spacial score (nSPS) is 11.0. The predicted octanol–water partition coefficient (Wildman–Crippen LogP) is 2.37. The number of anilines is 1. The van der Waals surface area contributed by atoms with Crippen LogP contribution in [0.4, 0.5) is 10.1 Å². The average Bonchev–Trinajstić information content (AvgIpc) is 3.03. The van der Waals surface area contributed by atoms with E-state index in [-0.39, 0.29) is 11.9 Å². The van der Waals surface area contributed by atoms with E-state index >= 15 is 0 Å². The van der Waals surface area contributed by atoms with Crippen LogP contribution in [0.2, 0.25) is 0 Å². The molecule has 0 saturated carbocycles. The number of nitrogens with one attached hydrogen (secondary N) is 1. The summed E-state index contributed by atoms with van der Waals surface area (Å²) in [4.78, 5) is 33.2. The van der Waals surface area contributed by atoms with Crippen LogP contribution in [0.15, 0.2) is 53.7 Å². The molecule has 4 aromatic rings. The van der Waals surface area contributed by atoms with Crippen LogP contribution in [0.1, 0.15) is 11.4 Å². The number of rotatable bonds is 4. The van der Waals surface area contributed by atoms with Crippen molar-refractivity contribution in [3.8, 4) is 5.82 Å². The zero-order valence-corrected chi connectivity index (χ0v) is 15.8. The molecule has 29 heavy (non-hydrogen) atoms. The summed E-state index contributed by atoms with van der Waals surface area (Å²) in [6.45, 7) is 3.58. The fourth-order valence-electron chi connectivity index (χ4n) is 3.05. The Kier molecular flexibility index (Phi) is 4.63. The first kappa shape index (κ1) is 18.5. The van der Waals surface area contributed by atoms with Crippen LogP contribution < -0.4 is 10.9 Å². The number of carbonyl (C=O) groups excluding carboxylic acids is 1. The first-order valence-electron chi connectivity index (χ1n) is 8.85. The van der Waals surface area contributed by atoms with Gasteiger partial charge in [0.25, 0.3) is 5.56 Å². The molecule has 3 aromatic heterocycles. The third-order valence-corrected chi connectivity index (χ3v) is 4.36. The number of halogens is 1. The molecule has 4 rings (SSSR count). The number of hydrogen-bond acceptors (Lipinski definition) is 5. The summed E-state index contributed by atoms with van der Waals surface area (Å²) in [5, 5.41) is 7.17. The standard InChI is InChI=1S/C20H17FN6O2/c1-12-7-13(2)27(25-12)18-6-4-15(9-22-18)24-19(28)10-26-11-23-17-5-3-14(21)8-16(17)20(26)29/h3-9,11H,10H2,1-2H3,(H,24,28). The van der Waals surface area contributed by atoms with Gasteiger partial charge in [0.1, 0.15) is 12.4 Å². The number of carbonyl (C=O) groups is 1. The summed E-state index contributed by atoms with van der Waals surface area (Å²) in [7, 11) is 0. The molecule has 1 N–H and O–H groups in total. The van der Waals surface area contributed by atoms with Crippen molar-refractivity contribution in [2.75, 3.05) is 5.32 Å². The van der Waals surface area contributed by atoms with Gasteiger partial charge in [0.2, 0.25) is 5.91 Å². The Balaban J connectivity index is 1.50. The van der Waals surface area contributed by atoms with Crippen LogP contribution in [0.25, 0.3) is 16.7 Å². The van der Waals surface area contributed by atoms with Crippen molar-refractivity contribution in [2.45, 2.75) is 20.4 Å². The van der Waals surface area contributed by atoms with Gasteiger partial charge in [0.15, 0.2) is 5.82 Å². The van der Waals surface area contributed by atoms with Crippen LogP contribution in [-0.2, 0) is 11.3 Å². The van der Waals surface area contributed by atoms with Gasteiger partial charge >= 0.3 is 0 Å². The second-order valence-corrected chi connectivity index (χ2v) is 6.63. The van der Waals surface area contributed by atoms with E-state index in [0.29, 0.717) is 17.0 Å². The van der Waals surface area contributed by atoms with Crippen molar-refractivity contribution in [2.24, 2.45) is 0 Å². The van der Waals surface area contributed by atoms with Gasteiger partial charge in [0.05, 0.1) is 34.8 Å². The molecule has 0 aliphatic carbocycles. The number of aromatic nitrogens is 5. The lowest BCUT2D eigenvalue weighted by Crippen LogP contribution is -2.28. The number of nitrogens with zero attached hydrogens (tertiary/aromatic N) is 5. The Morgan fingerprint density at radius 3 is 2.66 bits per heavy atom. The average molecular weight is 392 g/mol.